The summed E-state index contributed by atoms with van der Waals surface area (Å²) < 4.78 is 1.76. The molecule has 0 radical (unpaired) electrons. The molecule has 4 heteroatoms. The van der Waals surface area contributed by atoms with Gasteiger partial charge >= 0.3 is 0 Å². The molecule has 0 saturated heterocycles. The number of anilines is 1. The topological polar surface area (TPSA) is 46.9 Å². The number of benzene rings is 2. The van der Waals surface area contributed by atoms with E-state index in [4.69, 9.17) is 0 Å². The van der Waals surface area contributed by atoms with Crippen molar-refractivity contribution in [1.29, 1.82) is 0 Å². The number of aromatic nitrogens is 2. The summed E-state index contributed by atoms with van der Waals surface area (Å²) in [7, 11) is 0. The number of para-hydroxylation sites is 1. The molecular weight excluding hydrogens is 310 g/mol. The van der Waals surface area contributed by atoms with E-state index in [0.29, 0.717) is 12.2 Å². The quantitative estimate of drug-likeness (QED) is 0.787. The predicted molar refractivity (Wildman–Crippen MR) is 99.0 cm³/mol. The summed E-state index contributed by atoms with van der Waals surface area (Å²) in [5.74, 6) is 0.542. The first-order valence-corrected chi connectivity index (χ1v) is 8.79. The smallest absolute Gasteiger partial charge is 0.229 e. The second-order valence-corrected chi connectivity index (χ2v) is 6.52. The Balaban J connectivity index is 1.42. The molecule has 0 atom stereocenters. The van der Waals surface area contributed by atoms with Gasteiger partial charge in [-0.25, -0.2) is 4.68 Å². The number of carbonyl (C=O) groups is 1. The number of hydrogen-bond acceptors (Lipinski definition) is 2. The van der Waals surface area contributed by atoms with Gasteiger partial charge in [0.1, 0.15) is 0 Å². The van der Waals surface area contributed by atoms with Crippen molar-refractivity contribution in [3.63, 3.8) is 0 Å². The van der Waals surface area contributed by atoms with E-state index in [9.17, 15) is 4.79 Å². The Labute approximate surface area is 147 Å². The molecule has 4 nitrogen and oxygen atoms in total. The number of rotatable bonds is 4. The first-order valence-electron chi connectivity index (χ1n) is 8.79. The highest BCUT2D eigenvalue weighted by Crippen LogP contribution is 2.22. The van der Waals surface area contributed by atoms with Crippen LogP contribution in [-0.2, 0) is 24.1 Å². The first-order chi connectivity index (χ1) is 12.3. The zero-order valence-electron chi connectivity index (χ0n) is 14.1. The fraction of sp³-hybridized carbons (Fsp3) is 0.238. The molecule has 1 aliphatic carbocycles. The highest BCUT2D eigenvalue weighted by molar-refractivity contribution is 5.91. The Kier molecular flexibility index (Phi) is 4.34. The van der Waals surface area contributed by atoms with E-state index in [1.165, 1.54) is 30.4 Å². The van der Waals surface area contributed by atoms with Crippen molar-refractivity contribution in [2.24, 2.45) is 0 Å². The minimum atomic E-state index is -0.0333. The molecular formula is C21H21N3O. The van der Waals surface area contributed by atoms with Crippen LogP contribution in [0.5, 0.6) is 0 Å². The normalized spacial score (nSPS) is 13.3. The van der Waals surface area contributed by atoms with Crippen LogP contribution in [-0.4, -0.2) is 15.7 Å². The maximum atomic E-state index is 12.3. The lowest BCUT2D eigenvalue weighted by Gasteiger charge is -2.16. The molecule has 3 aromatic rings. The van der Waals surface area contributed by atoms with Crippen molar-refractivity contribution in [1.82, 2.24) is 9.78 Å². The van der Waals surface area contributed by atoms with Crippen LogP contribution in [0.15, 0.2) is 60.8 Å². The molecule has 25 heavy (non-hydrogen) atoms. The van der Waals surface area contributed by atoms with Crippen molar-refractivity contribution in [2.75, 3.05) is 5.32 Å². The third kappa shape index (κ3) is 3.63. The lowest BCUT2D eigenvalue weighted by Crippen LogP contribution is -2.15. The van der Waals surface area contributed by atoms with Gasteiger partial charge in [-0.3, -0.25) is 4.79 Å². The third-order valence-corrected chi connectivity index (χ3v) is 4.65. The molecule has 0 fully saturated rings. The Hall–Kier alpha value is -2.88. The monoisotopic (exact) mass is 331 g/mol. The van der Waals surface area contributed by atoms with Crippen LogP contribution in [0, 0.1) is 0 Å². The van der Waals surface area contributed by atoms with Crippen LogP contribution in [0.25, 0.3) is 5.69 Å². The number of nitrogens with one attached hydrogen (secondary N) is 1. The summed E-state index contributed by atoms with van der Waals surface area (Å²) in [5, 5.41) is 7.31. The first kappa shape index (κ1) is 15.6. The largest absolute Gasteiger partial charge is 0.309 e. The SMILES string of the molecule is O=C(Cc1ccc2c(c1)CCCC2)Nc1ccn(-c2ccccc2)n1. The van der Waals surface area contributed by atoms with Crippen LogP contribution >= 0.6 is 0 Å². The molecule has 0 spiro atoms. The number of nitrogens with zero attached hydrogens (tertiary/aromatic N) is 2. The van der Waals surface area contributed by atoms with Gasteiger partial charge in [0.05, 0.1) is 12.1 Å². The number of fused-ring (bicyclic) bond motifs is 1. The molecule has 1 amide bonds. The molecule has 1 aromatic heterocycles. The number of aryl methyl sites for hydroxylation is 2. The van der Waals surface area contributed by atoms with Crippen LogP contribution in [0.2, 0.25) is 0 Å². The summed E-state index contributed by atoms with van der Waals surface area (Å²) in [5.41, 5.74) is 4.89. The molecule has 1 heterocycles. The minimum Gasteiger partial charge on any atom is -0.309 e. The van der Waals surface area contributed by atoms with Gasteiger partial charge in [0.2, 0.25) is 5.91 Å². The number of hydrogen-bond donors (Lipinski definition) is 1. The molecule has 0 unspecified atom stereocenters. The van der Waals surface area contributed by atoms with Gasteiger partial charge < -0.3 is 5.32 Å². The van der Waals surface area contributed by atoms with E-state index in [1.54, 1.807) is 4.68 Å². The summed E-state index contributed by atoms with van der Waals surface area (Å²) in [6.07, 6.45) is 7.05. The van der Waals surface area contributed by atoms with E-state index in [2.05, 4.69) is 28.6 Å². The second-order valence-electron chi connectivity index (χ2n) is 6.52. The highest BCUT2D eigenvalue weighted by atomic mass is 16.1. The van der Waals surface area contributed by atoms with Crippen molar-refractivity contribution >= 4 is 11.7 Å². The average Bonchev–Trinajstić information content (AvgIpc) is 3.10. The average molecular weight is 331 g/mol. The molecule has 4 rings (SSSR count). The van der Waals surface area contributed by atoms with Crippen LogP contribution in [0.4, 0.5) is 5.82 Å². The third-order valence-electron chi connectivity index (χ3n) is 4.65. The van der Waals surface area contributed by atoms with Gasteiger partial charge in [-0.1, -0.05) is 36.4 Å². The lowest BCUT2D eigenvalue weighted by atomic mass is 9.90. The van der Waals surface area contributed by atoms with E-state index >= 15 is 0 Å². The fourth-order valence-corrected chi connectivity index (χ4v) is 3.38. The molecule has 0 bridgehead atoms. The van der Waals surface area contributed by atoms with Gasteiger partial charge in [-0.2, -0.15) is 5.10 Å². The van der Waals surface area contributed by atoms with Gasteiger partial charge in [-0.15, -0.1) is 0 Å². The molecule has 126 valence electrons. The lowest BCUT2D eigenvalue weighted by molar-refractivity contribution is -0.115. The molecule has 0 saturated carbocycles. The second kappa shape index (κ2) is 6.93. The van der Waals surface area contributed by atoms with Crippen molar-refractivity contribution in [2.45, 2.75) is 32.1 Å². The zero-order valence-corrected chi connectivity index (χ0v) is 14.1. The summed E-state index contributed by atoms with van der Waals surface area (Å²) in [4.78, 5) is 12.3. The maximum Gasteiger partial charge on any atom is 0.229 e. The summed E-state index contributed by atoms with van der Waals surface area (Å²) in [6.45, 7) is 0. The highest BCUT2D eigenvalue weighted by Gasteiger charge is 2.12. The fourth-order valence-electron chi connectivity index (χ4n) is 3.38. The van der Waals surface area contributed by atoms with Crippen LogP contribution in [0.1, 0.15) is 29.5 Å². The molecule has 1 aliphatic rings. The van der Waals surface area contributed by atoms with Crippen molar-refractivity contribution in [3.05, 3.63) is 77.5 Å². The Morgan fingerprint density at radius 2 is 1.80 bits per heavy atom. The van der Waals surface area contributed by atoms with E-state index in [0.717, 1.165) is 17.7 Å². The van der Waals surface area contributed by atoms with Crippen LogP contribution in [0.3, 0.4) is 0 Å². The van der Waals surface area contributed by atoms with Crippen molar-refractivity contribution in [3.8, 4) is 5.69 Å². The predicted octanol–water partition coefficient (Wildman–Crippen LogP) is 3.93. The molecule has 0 aliphatic heterocycles. The van der Waals surface area contributed by atoms with Gasteiger partial charge in [0.15, 0.2) is 5.82 Å². The zero-order chi connectivity index (χ0) is 17.1. The van der Waals surface area contributed by atoms with E-state index in [-0.39, 0.29) is 5.91 Å². The van der Waals surface area contributed by atoms with Gasteiger partial charge in [0.25, 0.3) is 0 Å². The van der Waals surface area contributed by atoms with Gasteiger partial charge in [-0.05, 0) is 54.5 Å². The Bertz CT molecular complexity index is 883. The number of carbonyl (C=O) groups excluding carboxylic acids is 1. The van der Waals surface area contributed by atoms with E-state index < -0.39 is 0 Å². The maximum absolute atomic E-state index is 12.3. The van der Waals surface area contributed by atoms with Crippen molar-refractivity contribution < 1.29 is 4.79 Å². The summed E-state index contributed by atoms with van der Waals surface area (Å²) in [6, 6.07) is 18.1. The van der Waals surface area contributed by atoms with Gasteiger partial charge in [0, 0.05) is 12.3 Å². The Morgan fingerprint density at radius 1 is 1.00 bits per heavy atom. The minimum absolute atomic E-state index is 0.0333. The standard InChI is InChI=1S/C21H21N3O/c25-21(15-16-10-11-17-6-4-5-7-18(17)14-16)22-20-12-13-24(23-20)19-8-2-1-3-9-19/h1-3,8-14H,4-7,15H2,(H,22,23,25). The Morgan fingerprint density at radius 3 is 2.64 bits per heavy atom. The molecule has 2 aromatic carbocycles. The van der Waals surface area contributed by atoms with Crippen LogP contribution < -0.4 is 5.32 Å². The summed E-state index contributed by atoms with van der Waals surface area (Å²) >= 11 is 0. The number of amides is 1. The molecule has 1 N–H and O–H groups in total. The van der Waals surface area contributed by atoms with E-state index in [1.807, 2.05) is 42.6 Å².